The lowest BCUT2D eigenvalue weighted by molar-refractivity contribution is -0.124. The summed E-state index contributed by atoms with van der Waals surface area (Å²) in [5.74, 6) is 0.873. The molecule has 1 aliphatic heterocycles. The number of ether oxygens (including phenoxy) is 1. The van der Waals surface area contributed by atoms with Crippen LogP contribution in [0, 0.1) is 0 Å². The second kappa shape index (κ2) is 4.99. The first kappa shape index (κ1) is 11.0. The molecule has 4 heteroatoms. The maximum atomic E-state index is 11.6. The van der Waals surface area contributed by atoms with Gasteiger partial charge in [0.1, 0.15) is 11.8 Å². The molecule has 1 fully saturated rings. The third kappa shape index (κ3) is 2.33. The Kier molecular flexibility index (Phi) is 3.41. The fourth-order valence-corrected chi connectivity index (χ4v) is 1.79. The summed E-state index contributed by atoms with van der Waals surface area (Å²) in [6.07, 6.45) is 0. The molecular formula is C12H16N2O2. The van der Waals surface area contributed by atoms with Crippen LogP contribution in [0.5, 0.6) is 5.75 Å². The molecule has 0 aliphatic carbocycles. The van der Waals surface area contributed by atoms with Crippen molar-refractivity contribution < 1.29 is 9.53 Å². The van der Waals surface area contributed by atoms with Crippen molar-refractivity contribution in [3.8, 4) is 5.75 Å². The van der Waals surface area contributed by atoms with Gasteiger partial charge in [-0.2, -0.15) is 0 Å². The van der Waals surface area contributed by atoms with Gasteiger partial charge in [-0.05, 0) is 24.6 Å². The van der Waals surface area contributed by atoms with E-state index >= 15 is 0 Å². The lowest BCUT2D eigenvalue weighted by Gasteiger charge is -2.23. The second-order valence-corrected chi connectivity index (χ2v) is 3.68. The monoisotopic (exact) mass is 220 g/mol. The lowest BCUT2D eigenvalue weighted by atomic mass is 10.0. The van der Waals surface area contributed by atoms with E-state index in [9.17, 15) is 4.79 Å². The van der Waals surface area contributed by atoms with Crippen LogP contribution in [0.3, 0.4) is 0 Å². The topological polar surface area (TPSA) is 50.4 Å². The highest BCUT2D eigenvalue weighted by Crippen LogP contribution is 2.18. The van der Waals surface area contributed by atoms with E-state index in [1.165, 1.54) is 0 Å². The molecule has 0 saturated carbocycles. The molecule has 16 heavy (non-hydrogen) atoms. The van der Waals surface area contributed by atoms with E-state index in [0.29, 0.717) is 13.2 Å². The molecule has 0 aromatic heterocycles. The Morgan fingerprint density at radius 2 is 2.06 bits per heavy atom. The van der Waals surface area contributed by atoms with Gasteiger partial charge >= 0.3 is 0 Å². The van der Waals surface area contributed by atoms with Crippen molar-refractivity contribution in [2.24, 2.45) is 0 Å². The zero-order chi connectivity index (χ0) is 11.4. The predicted molar refractivity (Wildman–Crippen MR) is 61.4 cm³/mol. The minimum absolute atomic E-state index is 0.0374. The van der Waals surface area contributed by atoms with E-state index < -0.39 is 0 Å². The second-order valence-electron chi connectivity index (χ2n) is 3.68. The molecule has 1 heterocycles. The summed E-state index contributed by atoms with van der Waals surface area (Å²) in [5.41, 5.74) is 0.973. The van der Waals surface area contributed by atoms with Gasteiger partial charge in [0.2, 0.25) is 5.91 Å². The van der Waals surface area contributed by atoms with Gasteiger partial charge in [0.05, 0.1) is 6.61 Å². The largest absolute Gasteiger partial charge is 0.494 e. The minimum atomic E-state index is -0.232. The van der Waals surface area contributed by atoms with Crippen LogP contribution in [-0.4, -0.2) is 25.6 Å². The van der Waals surface area contributed by atoms with Crippen molar-refractivity contribution in [1.82, 2.24) is 10.6 Å². The normalized spacial score (nSPS) is 20.3. The Labute approximate surface area is 95.0 Å². The van der Waals surface area contributed by atoms with Gasteiger partial charge in [0, 0.05) is 13.1 Å². The van der Waals surface area contributed by atoms with E-state index in [2.05, 4.69) is 10.6 Å². The van der Waals surface area contributed by atoms with Gasteiger partial charge in [0.25, 0.3) is 0 Å². The maximum Gasteiger partial charge on any atom is 0.241 e. The van der Waals surface area contributed by atoms with Gasteiger partial charge in [-0.3, -0.25) is 4.79 Å². The lowest BCUT2D eigenvalue weighted by Crippen LogP contribution is -2.47. The van der Waals surface area contributed by atoms with Crippen LogP contribution < -0.4 is 15.4 Å². The van der Waals surface area contributed by atoms with Crippen LogP contribution in [0.25, 0.3) is 0 Å². The number of hydrogen-bond acceptors (Lipinski definition) is 3. The number of amides is 1. The smallest absolute Gasteiger partial charge is 0.241 e. The summed E-state index contributed by atoms with van der Waals surface area (Å²) in [7, 11) is 0. The van der Waals surface area contributed by atoms with Crippen molar-refractivity contribution in [3.63, 3.8) is 0 Å². The van der Waals surface area contributed by atoms with Crippen molar-refractivity contribution in [2.75, 3.05) is 19.7 Å². The zero-order valence-corrected chi connectivity index (χ0v) is 9.32. The van der Waals surface area contributed by atoms with Gasteiger partial charge in [-0.1, -0.05) is 12.1 Å². The first-order chi connectivity index (χ1) is 7.81. The van der Waals surface area contributed by atoms with Crippen molar-refractivity contribution in [3.05, 3.63) is 29.8 Å². The summed E-state index contributed by atoms with van der Waals surface area (Å²) in [6, 6.07) is 7.40. The highest BCUT2D eigenvalue weighted by Gasteiger charge is 2.22. The van der Waals surface area contributed by atoms with Crippen LogP contribution in [0.1, 0.15) is 18.5 Å². The van der Waals surface area contributed by atoms with Crippen molar-refractivity contribution in [1.29, 1.82) is 0 Å². The number of rotatable bonds is 3. The molecule has 1 unspecified atom stereocenters. The Balaban J connectivity index is 2.11. The van der Waals surface area contributed by atoms with Gasteiger partial charge in [0.15, 0.2) is 0 Å². The van der Waals surface area contributed by atoms with E-state index in [0.717, 1.165) is 17.9 Å². The molecule has 1 aromatic rings. The SMILES string of the molecule is CCOc1ccc(C2NCCNC2=O)cc1. The molecule has 86 valence electrons. The third-order valence-corrected chi connectivity index (χ3v) is 2.56. The maximum absolute atomic E-state index is 11.6. The molecule has 0 radical (unpaired) electrons. The van der Waals surface area contributed by atoms with E-state index in [1.807, 2.05) is 31.2 Å². The Morgan fingerprint density at radius 3 is 2.69 bits per heavy atom. The van der Waals surface area contributed by atoms with Crippen LogP contribution in [0.15, 0.2) is 24.3 Å². The van der Waals surface area contributed by atoms with Crippen molar-refractivity contribution >= 4 is 5.91 Å². The molecule has 1 aliphatic rings. The van der Waals surface area contributed by atoms with E-state index in [4.69, 9.17) is 4.74 Å². The van der Waals surface area contributed by atoms with E-state index in [1.54, 1.807) is 0 Å². The fraction of sp³-hybridized carbons (Fsp3) is 0.417. The molecule has 1 atom stereocenters. The number of hydrogen-bond donors (Lipinski definition) is 2. The molecular weight excluding hydrogens is 204 g/mol. The summed E-state index contributed by atoms with van der Waals surface area (Å²) in [6.45, 7) is 4.11. The van der Waals surface area contributed by atoms with E-state index in [-0.39, 0.29) is 11.9 Å². The number of benzene rings is 1. The standard InChI is InChI=1S/C12H16N2O2/c1-2-16-10-5-3-9(4-6-10)11-12(15)14-8-7-13-11/h3-6,11,13H,2,7-8H2,1H3,(H,14,15). The highest BCUT2D eigenvalue weighted by molar-refractivity contribution is 5.83. The molecule has 4 nitrogen and oxygen atoms in total. The summed E-state index contributed by atoms with van der Waals surface area (Å²) >= 11 is 0. The average Bonchev–Trinajstić information content (AvgIpc) is 2.31. The molecule has 1 saturated heterocycles. The summed E-state index contributed by atoms with van der Waals surface area (Å²) in [5, 5.41) is 6.02. The minimum Gasteiger partial charge on any atom is -0.494 e. The Hall–Kier alpha value is -1.55. The molecule has 2 rings (SSSR count). The van der Waals surface area contributed by atoms with Gasteiger partial charge < -0.3 is 15.4 Å². The fourth-order valence-electron chi connectivity index (χ4n) is 1.79. The van der Waals surface area contributed by atoms with Crippen LogP contribution in [-0.2, 0) is 4.79 Å². The number of piperazine rings is 1. The number of nitrogens with one attached hydrogen (secondary N) is 2. The Bertz CT molecular complexity index is 362. The third-order valence-electron chi connectivity index (χ3n) is 2.56. The quantitative estimate of drug-likeness (QED) is 0.794. The highest BCUT2D eigenvalue weighted by atomic mass is 16.5. The molecule has 1 aromatic carbocycles. The Morgan fingerprint density at radius 1 is 1.31 bits per heavy atom. The van der Waals surface area contributed by atoms with Crippen molar-refractivity contribution in [2.45, 2.75) is 13.0 Å². The molecule has 2 N–H and O–H groups in total. The molecule has 0 bridgehead atoms. The van der Waals surface area contributed by atoms with Crippen LogP contribution in [0.2, 0.25) is 0 Å². The predicted octanol–water partition coefficient (Wildman–Crippen LogP) is 0.846. The van der Waals surface area contributed by atoms with Gasteiger partial charge in [-0.15, -0.1) is 0 Å². The first-order valence-corrected chi connectivity index (χ1v) is 5.55. The van der Waals surface area contributed by atoms with Crippen LogP contribution >= 0.6 is 0 Å². The summed E-state index contributed by atoms with van der Waals surface area (Å²) in [4.78, 5) is 11.6. The van der Waals surface area contributed by atoms with Crippen LogP contribution in [0.4, 0.5) is 0 Å². The first-order valence-electron chi connectivity index (χ1n) is 5.55. The number of carbonyl (C=O) groups is 1. The summed E-state index contributed by atoms with van der Waals surface area (Å²) < 4.78 is 5.35. The number of carbonyl (C=O) groups excluding carboxylic acids is 1. The van der Waals surface area contributed by atoms with Gasteiger partial charge in [-0.25, -0.2) is 0 Å². The zero-order valence-electron chi connectivity index (χ0n) is 9.32. The average molecular weight is 220 g/mol. The molecule has 0 spiro atoms. The molecule has 1 amide bonds.